The van der Waals surface area contributed by atoms with Crippen LogP contribution in [0.1, 0.15) is 119 Å². The smallest absolute Gasteiger partial charge is 0.305 e. The first-order valence-electron chi connectivity index (χ1n) is 14.2. The number of rotatable bonds is 12. The summed E-state index contributed by atoms with van der Waals surface area (Å²) in [5.41, 5.74) is -0.279. The Morgan fingerprint density at radius 2 is 1.74 bits per heavy atom. The van der Waals surface area contributed by atoms with E-state index in [1.165, 1.54) is 32.1 Å². The summed E-state index contributed by atoms with van der Waals surface area (Å²) < 4.78 is 12.2. The van der Waals surface area contributed by atoms with Crippen molar-refractivity contribution in [2.75, 3.05) is 6.61 Å². The van der Waals surface area contributed by atoms with Crippen molar-refractivity contribution < 1.29 is 19.1 Å². The van der Waals surface area contributed by atoms with Crippen LogP contribution in [0.4, 0.5) is 0 Å². The Morgan fingerprint density at radius 1 is 1.09 bits per heavy atom. The van der Waals surface area contributed by atoms with Gasteiger partial charge in [0, 0.05) is 12.5 Å². The quantitative estimate of drug-likeness (QED) is 0.220. The van der Waals surface area contributed by atoms with Gasteiger partial charge < -0.3 is 14.3 Å². The lowest BCUT2D eigenvalue weighted by atomic mass is 9.60. The van der Waals surface area contributed by atoms with E-state index in [4.69, 9.17) is 9.16 Å². The largest absolute Gasteiger partial charge is 0.466 e. The predicted octanol–water partition coefficient (Wildman–Crippen LogP) is 7.88. The van der Waals surface area contributed by atoms with Gasteiger partial charge in [0.2, 0.25) is 0 Å². The zero-order valence-electron chi connectivity index (χ0n) is 24.0. The maximum absolute atomic E-state index is 12.0. The normalized spacial score (nSPS) is 29.1. The molecule has 0 aromatic carbocycles. The molecule has 0 bridgehead atoms. The Bertz CT molecular complexity index is 647. The molecule has 0 saturated heterocycles. The third-order valence-corrected chi connectivity index (χ3v) is 14.1. The zero-order chi connectivity index (χ0) is 25.8. The molecule has 1 N–H and O–H groups in total. The third kappa shape index (κ3) is 7.80. The van der Waals surface area contributed by atoms with Crippen molar-refractivity contribution in [1.82, 2.24) is 0 Å². The SMILES string of the molecule is CCOC(=O)CCC[C@@H](CCCC(C)(C)O)[C@H]1CC[C@H]2[C@@H](O[Si](C)(C)C(C)(C)C)CCC[C@]12C. The van der Waals surface area contributed by atoms with Crippen molar-refractivity contribution in [2.24, 2.45) is 23.2 Å². The van der Waals surface area contributed by atoms with E-state index in [1.54, 1.807) is 0 Å². The molecule has 0 amide bonds. The lowest BCUT2D eigenvalue weighted by molar-refractivity contribution is -0.143. The van der Waals surface area contributed by atoms with Gasteiger partial charge in [-0.3, -0.25) is 4.79 Å². The number of hydrogen-bond donors (Lipinski definition) is 1. The summed E-state index contributed by atoms with van der Waals surface area (Å²) in [6, 6.07) is 0. The number of esters is 1. The lowest BCUT2D eigenvalue weighted by Gasteiger charge is -2.50. The second kappa shape index (κ2) is 11.8. The van der Waals surface area contributed by atoms with E-state index in [0.29, 0.717) is 42.3 Å². The number of ether oxygens (including phenoxy) is 1. The van der Waals surface area contributed by atoms with Crippen molar-refractivity contribution in [3.8, 4) is 0 Å². The molecule has 0 radical (unpaired) electrons. The molecule has 200 valence electrons. The molecule has 4 nitrogen and oxygen atoms in total. The van der Waals surface area contributed by atoms with Gasteiger partial charge in [-0.2, -0.15) is 0 Å². The summed E-state index contributed by atoms with van der Waals surface area (Å²) in [6.07, 6.45) is 12.3. The summed E-state index contributed by atoms with van der Waals surface area (Å²) in [4.78, 5) is 12.0. The molecular formula is C29H56O4Si. The Labute approximate surface area is 212 Å². The average Bonchev–Trinajstić information content (AvgIpc) is 3.03. The van der Waals surface area contributed by atoms with E-state index < -0.39 is 13.9 Å². The van der Waals surface area contributed by atoms with Crippen molar-refractivity contribution in [3.63, 3.8) is 0 Å². The molecule has 2 fully saturated rings. The zero-order valence-corrected chi connectivity index (χ0v) is 25.0. The Kier molecular flexibility index (Phi) is 10.3. The molecule has 0 heterocycles. The van der Waals surface area contributed by atoms with Gasteiger partial charge in [-0.05, 0) is 107 Å². The van der Waals surface area contributed by atoms with Crippen LogP contribution in [0.25, 0.3) is 0 Å². The highest BCUT2D eigenvalue weighted by Crippen LogP contribution is 2.60. The van der Waals surface area contributed by atoms with Gasteiger partial charge in [-0.25, -0.2) is 0 Å². The van der Waals surface area contributed by atoms with E-state index in [0.717, 1.165) is 32.1 Å². The van der Waals surface area contributed by atoms with Crippen molar-refractivity contribution in [2.45, 2.75) is 149 Å². The predicted molar refractivity (Wildman–Crippen MR) is 144 cm³/mol. The van der Waals surface area contributed by atoms with Gasteiger partial charge in [-0.1, -0.05) is 47.0 Å². The first-order valence-corrected chi connectivity index (χ1v) is 17.1. The van der Waals surface area contributed by atoms with Crippen LogP contribution in [-0.4, -0.2) is 37.7 Å². The maximum Gasteiger partial charge on any atom is 0.305 e. The highest BCUT2D eigenvalue weighted by molar-refractivity contribution is 6.74. The number of aliphatic hydroxyl groups is 1. The van der Waals surface area contributed by atoms with Crippen LogP contribution in [0.5, 0.6) is 0 Å². The molecule has 2 aliphatic carbocycles. The molecule has 0 aromatic heterocycles. The summed E-state index contributed by atoms with van der Waals surface area (Å²) in [5, 5.41) is 10.5. The van der Waals surface area contributed by atoms with Crippen LogP contribution in [0, 0.1) is 23.2 Å². The molecule has 5 atom stereocenters. The van der Waals surface area contributed by atoms with Gasteiger partial charge in [0.1, 0.15) is 0 Å². The van der Waals surface area contributed by atoms with Crippen LogP contribution < -0.4 is 0 Å². The summed E-state index contributed by atoms with van der Waals surface area (Å²) in [5.74, 6) is 1.89. The maximum atomic E-state index is 12.0. The van der Waals surface area contributed by atoms with E-state index >= 15 is 0 Å². The Hall–Kier alpha value is -0.393. The van der Waals surface area contributed by atoms with Gasteiger partial charge in [0.05, 0.1) is 12.2 Å². The second-order valence-corrected chi connectivity index (χ2v) is 18.5. The first-order chi connectivity index (χ1) is 15.6. The van der Waals surface area contributed by atoms with E-state index in [1.807, 2.05) is 20.8 Å². The standard InChI is InChI=1S/C29H56O4Si/c1-10-32-26(30)17-11-14-22(15-12-20-28(5,6)31)23-18-19-24-25(16-13-21-29(23,24)7)33-34(8,9)27(2,3)4/h22-25,31H,10-21H2,1-9H3/t22-,23+,24-,25-,29+/m0/s1. The van der Waals surface area contributed by atoms with Crippen molar-refractivity contribution >= 4 is 14.3 Å². The van der Waals surface area contributed by atoms with Gasteiger partial charge >= 0.3 is 5.97 Å². The molecular weight excluding hydrogens is 440 g/mol. The molecule has 0 unspecified atom stereocenters. The molecule has 0 spiro atoms. The van der Waals surface area contributed by atoms with Crippen LogP contribution in [-0.2, 0) is 14.0 Å². The summed E-state index contributed by atoms with van der Waals surface area (Å²) in [6.45, 7) is 20.6. The monoisotopic (exact) mass is 496 g/mol. The van der Waals surface area contributed by atoms with Gasteiger partial charge in [0.25, 0.3) is 0 Å². The highest BCUT2D eigenvalue weighted by atomic mass is 28.4. The molecule has 2 rings (SSSR count). The lowest BCUT2D eigenvalue weighted by Crippen LogP contribution is -2.50. The Morgan fingerprint density at radius 3 is 2.32 bits per heavy atom. The summed E-state index contributed by atoms with van der Waals surface area (Å²) in [7, 11) is -1.80. The fraction of sp³-hybridized carbons (Fsp3) is 0.966. The van der Waals surface area contributed by atoms with Crippen molar-refractivity contribution in [3.05, 3.63) is 0 Å². The molecule has 2 saturated carbocycles. The Balaban J connectivity index is 2.14. The minimum atomic E-state index is -1.80. The van der Waals surface area contributed by atoms with Crippen LogP contribution >= 0.6 is 0 Å². The minimum absolute atomic E-state index is 0.0613. The number of hydrogen-bond acceptors (Lipinski definition) is 4. The number of carbonyl (C=O) groups excluding carboxylic acids is 1. The fourth-order valence-electron chi connectivity index (χ4n) is 6.72. The number of fused-ring (bicyclic) bond motifs is 1. The van der Waals surface area contributed by atoms with E-state index in [9.17, 15) is 9.90 Å². The fourth-order valence-corrected chi connectivity index (χ4v) is 8.11. The van der Waals surface area contributed by atoms with E-state index in [2.05, 4.69) is 40.8 Å². The van der Waals surface area contributed by atoms with Crippen molar-refractivity contribution in [1.29, 1.82) is 0 Å². The average molecular weight is 497 g/mol. The van der Waals surface area contributed by atoms with Crippen LogP contribution in [0.2, 0.25) is 18.1 Å². The van der Waals surface area contributed by atoms with Crippen LogP contribution in [0.3, 0.4) is 0 Å². The van der Waals surface area contributed by atoms with Crippen LogP contribution in [0.15, 0.2) is 0 Å². The molecule has 34 heavy (non-hydrogen) atoms. The molecule has 0 aromatic rings. The first kappa shape index (κ1) is 29.8. The van der Waals surface area contributed by atoms with Gasteiger partial charge in [-0.15, -0.1) is 0 Å². The minimum Gasteiger partial charge on any atom is -0.466 e. The molecule has 5 heteroatoms. The third-order valence-electron chi connectivity index (χ3n) is 9.58. The summed E-state index contributed by atoms with van der Waals surface area (Å²) >= 11 is 0. The molecule has 0 aliphatic heterocycles. The highest BCUT2D eigenvalue weighted by Gasteiger charge is 2.54. The molecule has 2 aliphatic rings. The number of carbonyl (C=O) groups is 1. The van der Waals surface area contributed by atoms with E-state index in [-0.39, 0.29) is 11.0 Å². The second-order valence-electron chi connectivity index (χ2n) is 13.8. The van der Waals surface area contributed by atoms with Gasteiger partial charge in [0.15, 0.2) is 8.32 Å². The topological polar surface area (TPSA) is 55.8 Å².